The second-order valence-corrected chi connectivity index (χ2v) is 6.87. The maximum atomic E-state index is 10.3. The predicted octanol–water partition coefficient (Wildman–Crippen LogP) is 4.24. The van der Waals surface area contributed by atoms with Gasteiger partial charge in [-0.05, 0) is 25.1 Å². The number of phenolic OH excluding ortho intramolecular Hbond substituents is 2. The smallest absolute Gasteiger partial charge is 0.181 e. The lowest BCUT2D eigenvalue weighted by Gasteiger charge is -2.12. The van der Waals surface area contributed by atoms with E-state index in [-0.39, 0.29) is 23.0 Å². The van der Waals surface area contributed by atoms with Crippen LogP contribution in [0.1, 0.15) is 17.0 Å². The molecule has 0 amide bonds. The Morgan fingerprint density at radius 1 is 0.800 bits per heavy atom. The van der Waals surface area contributed by atoms with E-state index in [2.05, 4.69) is 15.1 Å². The number of hydrogen-bond donors (Lipinski definition) is 3. The molecule has 0 atom stereocenters. The molecule has 0 saturated carbocycles. The van der Waals surface area contributed by atoms with Gasteiger partial charge in [-0.3, -0.25) is 0 Å². The maximum Gasteiger partial charge on any atom is 0.181 e. The Bertz CT molecular complexity index is 1220. The van der Waals surface area contributed by atoms with E-state index in [0.29, 0.717) is 17.0 Å². The largest absolute Gasteiger partial charge is 0.508 e. The van der Waals surface area contributed by atoms with Crippen LogP contribution in [0, 0.1) is 6.92 Å². The van der Waals surface area contributed by atoms with E-state index in [0.717, 1.165) is 16.7 Å². The zero-order valence-electron chi connectivity index (χ0n) is 16.3. The highest BCUT2D eigenvalue weighted by molar-refractivity contribution is 6.12. The first-order valence-electron chi connectivity index (χ1n) is 9.37. The fraction of sp³-hybridized carbons (Fsp3) is 0.0417. The lowest BCUT2D eigenvalue weighted by Crippen LogP contribution is -2.12. The molecule has 0 radical (unpaired) electrons. The van der Waals surface area contributed by atoms with Crippen molar-refractivity contribution in [2.45, 2.75) is 6.92 Å². The summed E-state index contributed by atoms with van der Waals surface area (Å²) < 4.78 is 0. The van der Waals surface area contributed by atoms with E-state index < -0.39 is 0 Å². The molecule has 6 heteroatoms. The van der Waals surface area contributed by atoms with Crippen LogP contribution in [0.2, 0.25) is 0 Å². The summed E-state index contributed by atoms with van der Waals surface area (Å²) in [5.74, 6) is 5.72. The molecule has 0 aliphatic heterocycles. The second-order valence-electron chi connectivity index (χ2n) is 6.87. The van der Waals surface area contributed by atoms with Gasteiger partial charge in [-0.25, -0.2) is 9.97 Å². The Hall–Kier alpha value is -4.19. The Labute approximate surface area is 174 Å². The van der Waals surface area contributed by atoms with Gasteiger partial charge in [-0.2, -0.15) is 5.10 Å². The fourth-order valence-corrected chi connectivity index (χ4v) is 3.15. The summed E-state index contributed by atoms with van der Waals surface area (Å²) in [6.07, 6.45) is 0. The number of hydrazone groups is 1. The number of benzene rings is 3. The summed E-state index contributed by atoms with van der Waals surface area (Å²) in [6, 6.07) is 23.9. The standard InChI is InChI=1S/C24H20N4O2/c1-15-7-9-17(10-8-15)21-14-20(16-5-3-2-4-6-16)26-24(27-21)23(28-25)19-12-11-18(29)13-22(19)30/h2-14,29-30H,25H2,1H3/b28-23+. The van der Waals surface area contributed by atoms with Gasteiger partial charge in [0.05, 0.1) is 11.4 Å². The first kappa shape index (κ1) is 19.1. The summed E-state index contributed by atoms with van der Waals surface area (Å²) in [6.45, 7) is 2.03. The molecule has 0 aliphatic carbocycles. The minimum Gasteiger partial charge on any atom is -0.508 e. The Morgan fingerprint density at radius 3 is 2.03 bits per heavy atom. The van der Waals surface area contributed by atoms with Gasteiger partial charge in [0.25, 0.3) is 0 Å². The molecule has 4 N–H and O–H groups in total. The number of aromatic hydroxyl groups is 2. The van der Waals surface area contributed by atoms with E-state index >= 15 is 0 Å². The highest BCUT2D eigenvalue weighted by atomic mass is 16.3. The molecule has 0 unspecified atom stereocenters. The van der Waals surface area contributed by atoms with Gasteiger partial charge >= 0.3 is 0 Å². The van der Waals surface area contributed by atoms with Crippen molar-refractivity contribution in [3.05, 3.63) is 95.8 Å². The van der Waals surface area contributed by atoms with Gasteiger partial charge in [0, 0.05) is 22.8 Å². The van der Waals surface area contributed by atoms with Crippen molar-refractivity contribution in [2.75, 3.05) is 0 Å². The van der Waals surface area contributed by atoms with E-state index in [4.69, 9.17) is 5.84 Å². The molecule has 30 heavy (non-hydrogen) atoms. The van der Waals surface area contributed by atoms with Crippen molar-refractivity contribution >= 4 is 5.71 Å². The molecule has 1 aromatic heterocycles. The molecule has 1 heterocycles. The van der Waals surface area contributed by atoms with Crippen LogP contribution in [0.5, 0.6) is 11.5 Å². The molecule has 0 bridgehead atoms. The number of rotatable bonds is 4. The number of phenols is 2. The number of nitrogens with two attached hydrogens (primary N) is 1. The van der Waals surface area contributed by atoms with E-state index in [1.165, 1.54) is 18.2 Å². The molecule has 0 saturated heterocycles. The van der Waals surface area contributed by atoms with Crippen molar-refractivity contribution in [3.63, 3.8) is 0 Å². The maximum absolute atomic E-state index is 10.3. The average Bonchev–Trinajstić information content (AvgIpc) is 2.76. The van der Waals surface area contributed by atoms with Crippen LogP contribution >= 0.6 is 0 Å². The quantitative estimate of drug-likeness (QED) is 0.272. The van der Waals surface area contributed by atoms with E-state index in [1.807, 2.05) is 67.6 Å². The summed E-state index contributed by atoms with van der Waals surface area (Å²) in [4.78, 5) is 9.34. The number of aryl methyl sites for hydroxylation is 1. The third-order valence-corrected chi connectivity index (χ3v) is 4.72. The molecule has 0 aliphatic rings. The first-order valence-corrected chi connectivity index (χ1v) is 9.37. The molecule has 0 spiro atoms. The monoisotopic (exact) mass is 396 g/mol. The molecule has 4 rings (SSSR count). The van der Waals surface area contributed by atoms with Crippen LogP contribution in [0.3, 0.4) is 0 Å². The normalized spacial score (nSPS) is 11.4. The molecule has 0 fully saturated rings. The van der Waals surface area contributed by atoms with Crippen LogP contribution in [-0.4, -0.2) is 25.9 Å². The predicted molar refractivity (Wildman–Crippen MR) is 117 cm³/mol. The van der Waals surface area contributed by atoms with Gasteiger partial charge in [0.2, 0.25) is 0 Å². The summed E-state index contributed by atoms with van der Waals surface area (Å²) in [5.41, 5.74) is 4.95. The fourth-order valence-electron chi connectivity index (χ4n) is 3.15. The minimum atomic E-state index is -0.162. The SMILES string of the molecule is Cc1ccc(-c2cc(-c3ccccc3)nc(/C(=N/N)c3ccc(O)cc3O)n2)cc1. The molecule has 4 aromatic rings. The van der Waals surface area contributed by atoms with Gasteiger partial charge in [0.1, 0.15) is 17.2 Å². The Kier molecular flexibility index (Phi) is 5.13. The van der Waals surface area contributed by atoms with Crippen molar-refractivity contribution in [1.82, 2.24) is 9.97 Å². The number of aromatic nitrogens is 2. The summed E-state index contributed by atoms with van der Waals surface area (Å²) in [5, 5.41) is 23.8. The van der Waals surface area contributed by atoms with Gasteiger partial charge in [-0.1, -0.05) is 60.2 Å². The lowest BCUT2D eigenvalue weighted by molar-refractivity contribution is 0.450. The van der Waals surface area contributed by atoms with Crippen LogP contribution in [0.25, 0.3) is 22.5 Å². The third kappa shape index (κ3) is 3.84. The molecular weight excluding hydrogens is 376 g/mol. The van der Waals surface area contributed by atoms with Crippen LogP contribution < -0.4 is 5.84 Å². The molecule has 148 valence electrons. The van der Waals surface area contributed by atoms with Crippen molar-refractivity contribution in [2.24, 2.45) is 10.9 Å². The first-order chi connectivity index (χ1) is 14.5. The van der Waals surface area contributed by atoms with Crippen LogP contribution in [-0.2, 0) is 0 Å². The minimum absolute atomic E-state index is 0.0630. The van der Waals surface area contributed by atoms with Crippen LogP contribution in [0.4, 0.5) is 0 Å². The summed E-state index contributed by atoms with van der Waals surface area (Å²) >= 11 is 0. The van der Waals surface area contributed by atoms with Crippen molar-refractivity contribution in [1.29, 1.82) is 0 Å². The number of nitrogens with zero attached hydrogens (tertiary/aromatic N) is 3. The second kappa shape index (κ2) is 8.05. The zero-order valence-corrected chi connectivity index (χ0v) is 16.3. The van der Waals surface area contributed by atoms with Gasteiger partial charge < -0.3 is 16.1 Å². The summed E-state index contributed by atoms with van der Waals surface area (Å²) in [7, 11) is 0. The van der Waals surface area contributed by atoms with Crippen molar-refractivity contribution in [3.8, 4) is 34.0 Å². The number of hydrogen-bond acceptors (Lipinski definition) is 6. The van der Waals surface area contributed by atoms with E-state index in [1.54, 1.807) is 0 Å². The Morgan fingerprint density at radius 2 is 1.43 bits per heavy atom. The van der Waals surface area contributed by atoms with Gasteiger partial charge in [0.15, 0.2) is 5.82 Å². The van der Waals surface area contributed by atoms with Crippen molar-refractivity contribution < 1.29 is 10.2 Å². The topological polar surface area (TPSA) is 105 Å². The molecular formula is C24H20N4O2. The van der Waals surface area contributed by atoms with Gasteiger partial charge in [-0.15, -0.1) is 0 Å². The zero-order chi connectivity index (χ0) is 21.1. The third-order valence-electron chi connectivity index (χ3n) is 4.72. The lowest BCUT2D eigenvalue weighted by atomic mass is 10.0. The highest BCUT2D eigenvalue weighted by Gasteiger charge is 2.18. The highest BCUT2D eigenvalue weighted by Crippen LogP contribution is 2.28. The van der Waals surface area contributed by atoms with E-state index in [9.17, 15) is 10.2 Å². The Balaban J connectivity index is 1.92. The van der Waals surface area contributed by atoms with Crippen LogP contribution in [0.15, 0.2) is 84.0 Å². The molecule has 6 nitrogen and oxygen atoms in total. The average molecular weight is 396 g/mol. The molecule has 3 aromatic carbocycles.